The third-order valence-corrected chi connectivity index (χ3v) is 2.12. The summed E-state index contributed by atoms with van der Waals surface area (Å²) in [5.41, 5.74) is 2.54. The number of hydrazine groups is 1. The number of nitrogens with one attached hydrogen (secondary N) is 1. The van der Waals surface area contributed by atoms with Crippen molar-refractivity contribution in [1.82, 2.24) is 4.98 Å². The van der Waals surface area contributed by atoms with Crippen molar-refractivity contribution in [1.29, 1.82) is 0 Å². The van der Waals surface area contributed by atoms with Gasteiger partial charge in [0.25, 0.3) is 0 Å². The van der Waals surface area contributed by atoms with Gasteiger partial charge in [0.05, 0.1) is 0 Å². The van der Waals surface area contributed by atoms with Crippen molar-refractivity contribution in [3.05, 3.63) is 18.2 Å². The molecule has 14 heavy (non-hydrogen) atoms. The summed E-state index contributed by atoms with van der Waals surface area (Å²) in [6, 6.07) is 5.77. The van der Waals surface area contributed by atoms with Crippen molar-refractivity contribution in [3.8, 4) is 0 Å². The molecule has 1 heterocycles. The number of hydrogen-bond acceptors (Lipinski definition) is 4. The lowest BCUT2D eigenvalue weighted by Crippen LogP contribution is -2.20. The third kappa shape index (κ3) is 2.88. The van der Waals surface area contributed by atoms with E-state index in [0.717, 1.165) is 12.4 Å². The summed E-state index contributed by atoms with van der Waals surface area (Å²) >= 11 is 0. The van der Waals surface area contributed by atoms with E-state index in [1.807, 2.05) is 25.2 Å². The van der Waals surface area contributed by atoms with E-state index < -0.39 is 0 Å². The van der Waals surface area contributed by atoms with Gasteiger partial charge < -0.3 is 10.3 Å². The van der Waals surface area contributed by atoms with Crippen molar-refractivity contribution < 1.29 is 0 Å². The van der Waals surface area contributed by atoms with Gasteiger partial charge in [0, 0.05) is 13.6 Å². The Balaban J connectivity index is 2.64. The predicted molar refractivity (Wildman–Crippen MR) is 60.2 cm³/mol. The summed E-state index contributed by atoms with van der Waals surface area (Å²) in [7, 11) is 2.04. The van der Waals surface area contributed by atoms with Crippen molar-refractivity contribution in [2.45, 2.75) is 19.8 Å². The fourth-order valence-electron chi connectivity index (χ4n) is 1.23. The zero-order chi connectivity index (χ0) is 10.4. The third-order valence-electron chi connectivity index (χ3n) is 2.12. The second-order valence-corrected chi connectivity index (χ2v) is 3.30. The highest BCUT2D eigenvalue weighted by Gasteiger charge is 2.01. The normalized spacial score (nSPS) is 9.93. The van der Waals surface area contributed by atoms with Gasteiger partial charge in [-0.3, -0.25) is 0 Å². The van der Waals surface area contributed by atoms with Crippen LogP contribution in [0, 0.1) is 0 Å². The van der Waals surface area contributed by atoms with E-state index in [1.54, 1.807) is 0 Å². The monoisotopic (exact) mass is 194 g/mol. The lowest BCUT2D eigenvalue weighted by molar-refractivity contribution is 0.760. The Kier molecular flexibility index (Phi) is 4.19. The van der Waals surface area contributed by atoms with E-state index in [4.69, 9.17) is 5.84 Å². The topological polar surface area (TPSA) is 54.2 Å². The van der Waals surface area contributed by atoms with Gasteiger partial charge in [0.1, 0.15) is 11.6 Å². The highest BCUT2D eigenvalue weighted by molar-refractivity contribution is 5.45. The number of nitrogens with two attached hydrogens (primary N) is 1. The van der Waals surface area contributed by atoms with E-state index in [1.165, 1.54) is 12.8 Å². The summed E-state index contributed by atoms with van der Waals surface area (Å²) in [5, 5.41) is 0. The Labute approximate surface area is 85.1 Å². The maximum Gasteiger partial charge on any atom is 0.142 e. The second kappa shape index (κ2) is 5.44. The smallest absolute Gasteiger partial charge is 0.142 e. The van der Waals surface area contributed by atoms with E-state index in [-0.39, 0.29) is 0 Å². The molecule has 0 saturated carbocycles. The number of nitrogen functional groups attached to an aromatic ring is 1. The molecule has 0 aliphatic heterocycles. The molecule has 0 atom stereocenters. The second-order valence-electron chi connectivity index (χ2n) is 3.30. The molecule has 0 unspecified atom stereocenters. The van der Waals surface area contributed by atoms with Gasteiger partial charge in [-0.15, -0.1) is 0 Å². The van der Waals surface area contributed by atoms with Crippen molar-refractivity contribution in [3.63, 3.8) is 0 Å². The summed E-state index contributed by atoms with van der Waals surface area (Å²) in [6.07, 6.45) is 2.37. The molecule has 0 amide bonds. The summed E-state index contributed by atoms with van der Waals surface area (Å²) < 4.78 is 0. The molecule has 4 heteroatoms. The fraction of sp³-hybridized carbons (Fsp3) is 0.500. The molecule has 3 N–H and O–H groups in total. The van der Waals surface area contributed by atoms with Crippen LogP contribution in [0.4, 0.5) is 11.6 Å². The number of nitrogens with zero attached hydrogens (tertiary/aromatic N) is 2. The molecule has 1 rings (SSSR count). The molecule has 1 aromatic heterocycles. The molecular weight excluding hydrogens is 176 g/mol. The lowest BCUT2D eigenvalue weighted by atomic mass is 10.3. The minimum absolute atomic E-state index is 0.700. The molecule has 0 aromatic carbocycles. The first-order chi connectivity index (χ1) is 6.77. The highest BCUT2D eigenvalue weighted by Crippen LogP contribution is 2.12. The minimum Gasteiger partial charge on any atom is -0.360 e. The maximum absolute atomic E-state index is 5.29. The van der Waals surface area contributed by atoms with Crippen LogP contribution in [0.25, 0.3) is 0 Å². The quantitative estimate of drug-likeness (QED) is 0.552. The Bertz CT molecular complexity index is 275. The molecule has 4 nitrogen and oxygen atoms in total. The van der Waals surface area contributed by atoms with Crippen molar-refractivity contribution >= 4 is 11.6 Å². The Morgan fingerprint density at radius 3 is 2.93 bits per heavy atom. The molecular formula is C10H18N4. The van der Waals surface area contributed by atoms with Gasteiger partial charge >= 0.3 is 0 Å². The number of pyridine rings is 1. The van der Waals surface area contributed by atoms with Crippen LogP contribution in [0.5, 0.6) is 0 Å². The molecule has 78 valence electrons. The Hall–Kier alpha value is -1.29. The molecule has 0 radical (unpaired) electrons. The lowest BCUT2D eigenvalue weighted by Gasteiger charge is -2.18. The van der Waals surface area contributed by atoms with E-state index in [9.17, 15) is 0 Å². The SMILES string of the molecule is CCCCN(C)c1cccc(NN)n1. The number of aromatic nitrogens is 1. The Morgan fingerprint density at radius 1 is 1.50 bits per heavy atom. The number of rotatable bonds is 5. The standard InChI is InChI=1S/C10H18N4/c1-3-4-8-14(2)10-7-5-6-9(12-10)13-11/h5-7H,3-4,8,11H2,1-2H3,(H,12,13). The van der Waals surface area contributed by atoms with Crippen molar-refractivity contribution in [2.24, 2.45) is 5.84 Å². The number of hydrogen-bond donors (Lipinski definition) is 2. The van der Waals surface area contributed by atoms with Crippen LogP contribution in [0.3, 0.4) is 0 Å². The summed E-state index contributed by atoms with van der Waals surface area (Å²) in [5.74, 6) is 6.94. The molecule has 0 fully saturated rings. The van der Waals surface area contributed by atoms with Crippen LogP contribution in [0.15, 0.2) is 18.2 Å². The average molecular weight is 194 g/mol. The zero-order valence-corrected chi connectivity index (χ0v) is 8.83. The first-order valence-corrected chi connectivity index (χ1v) is 4.92. The largest absolute Gasteiger partial charge is 0.360 e. The van der Waals surface area contributed by atoms with E-state index in [0.29, 0.717) is 5.82 Å². The molecule has 0 aliphatic carbocycles. The van der Waals surface area contributed by atoms with Crippen LogP contribution >= 0.6 is 0 Å². The van der Waals surface area contributed by atoms with Crippen molar-refractivity contribution in [2.75, 3.05) is 23.9 Å². The first-order valence-electron chi connectivity index (χ1n) is 4.92. The molecule has 1 aromatic rings. The van der Waals surface area contributed by atoms with Gasteiger partial charge in [-0.25, -0.2) is 10.8 Å². The molecule has 0 aliphatic rings. The number of anilines is 2. The zero-order valence-electron chi connectivity index (χ0n) is 8.83. The van der Waals surface area contributed by atoms with Gasteiger partial charge in [0.15, 0.2) is 0 Å². The van der Waals surface area contributed by atoms with Gasteiger partial charge in [-0.05, 0) is 18.6 Å². The summed E-state index contributed by atoms with van der Waals surface area (Å²) in [6.45, 7) is 3.21. The van der Waals surface area contributed by atoms with Crippen LogP contribution in [0.2, 0.25) is 0 Å². The van der Waals surface area contributed by atoms with Gasteiger partial charge in [-0.1, -0.05) is 19.4 Å². The molecule has 0 saturated heterocycles. The minimum atomic E-state index is 0.700. The van der Waals surface area contributed by atoms with Crippen LogP contribution in [-0.2, 0) is 0 Å². The van der Waals surface area contributed by atoms with Crippen LogP contribution in [0.1, 0.15) is 19.8 Å². The fourth-order valence-corrected chi connectivity index (χ4v) is 1.23. The van der Waals surface area contributed by atoms with Crippen LogP contribution in [-0.4, -0.2) is 18.6 Å². The average Bonchev–Trinajstić information content (AvgIpc) is 2.26. The van der Waals surface area contributed by atoms with Gasteiger partial charge in [-0.2, -0.15) is 0 Å². The molecule has 0 bridgehead atoms. The van der Waals surface area contributed by atoms with E-state index >= 15 is 0 Å². The maximum atomic E-state index is 5.29. The Morgan fingerprint density at radius 2 is 2.29 bits per heavy atom. The summed E-state index contributed by atoms with van der Waals surface area (Å²) in [4.78, 5) is 6.46. The van der Waals surface area contributed by atoms with Crippen LogP contribution < -0.4 is 16.2 Å². The predicted octanol–water partition coefficient (Wildman–Crippen LogP) is 1.60. The number of unbranched alkanes of at least 4 members (excludes halogenated alkanes) is 1. The van der Waals surface area contributed by atoms with Gasteiger partial charge in [0.2, 0.25) is 0 Å². The highest BCUT2D eigenvalue weighted by atomic mass is 15.3. The first kappa shape index (κ1) is 10.8. The molecule has 0 spiro atoms. The van der Waals surface area contributed by atoms with E-state index in [2.05, 4.69) is 22.2 Å².